The number of hydrogen-bond acceptors (Lipinski definition) is 4. The normalized spacial score (nSPS) is 12.3. The predicted octanol–water partition coefficient (Wildman–Crippen LogP) is 4.23. The highest BCUT2D eigenvalue weighted by Crippen LogP contribution is 2.40. The number of methoxy groups -OCH3 is 2. The van der Waals surface area contributed by atoms with Gasteiger partial charge in [-0.1, -0.05) is 11.6 Å². The van der Waals surface area contributed by atoms with E-state index in [1.807, 2.05) is 17.5 Å². The molecule has 1 aromatic carbocycles. The molecule has 19 heavy (non-hydrogen) atoms. The summed E-state index contributed by atoms with van der Waals surface area (Å²) in [5.41, 5.74) is 7.15. The van der Waals surface area contributed by atoms with Crippen molar-refractivity contribution in [3.05, 3.63) is 43.5 Å². The van der Waals surface area contributed by atoms with Crippen LogP contribution < -0.4 is 15.2 Å². The zero-order valence-electron chi connectivity index (χ0n) is 10.4. The van der Waals surface area contributed by atoms with Crippen molar-refractivity contribution in [2.75, 3.05) is 14.2 Å². The van der Waals surface area contributed by atoms with Crippen molar-refractivity contribution in [3.8, 4) is 11.5 Å². The molecule has 2 N–H and O–H groups in total. The first kappa shape index (κ1) is 14.7. The quantitative estimate of drug-likeness (QED) is 0.885. The monoisotopic (exact) mass is 361 g/mol. The van der Waals surface area contributed by atoms with Crippen molar-refractivity contribution in [2.45, 2.75) is 6.04 Å². The fourth-order valence-corrected chi connectivity index (χ4v) is 3.74. The third kappa shape index (κ3) is 2.89. The number of rotatable bonds is 4. The molecular formula is C13H13BrClNO2S. The van der Waals surface area contributed by atoms with Gasteiger partial charge in [0.05, 0.1) is 25.3 Å². The minimum Gasteiger partial charge on any atom is -0.493 e. The molecule has 0 spiro atoms. The van der Waals surface area contributed by atoms with Gasteiger partial charge < -0.3 is 15.2 Å². The van der Waals surface area contributed by atoms with Gasteiger partial charge in [-0.3, -0.25) is 0 Å². The molecule has 0 aliphatic rings. The Morgan fingerprint density at radius 3 is 2.58 bits per heavy atom. The first-order valence-electron chi connectivity index (χ1n) is 5.48. The Morgan fingerprint density at radius 1 is 1.32 bits per heavy atom. The minimum absolute atomic E-state index is 0.258. The topological polar surface area (TPSA) is 44.5 Å². The first-order valence-corrected chi connectivity index (χ1v) is 7.53. The van der Waals surface area contributed by atoms with Crippen LogP contribution in [0.15, 0.2) is 28.1 Å². The SMILES string of the molecule is COc1cc(C(N)c2sccc2Br)cc(Cl)c1OC. The molecule has 0 radical (unpaired) electrons. The standard InChI is InChI=1S/C13H13BrClNO2S/c1-17-10-6-7(5-9(15)12(10)18-2)11(16)13-8(14)3-4-19-13/h3-6,11H,16H2,1-2H3. The van der Waals surface area contributed by atoms with Crippen LogP contribution in [-0.2, 0) is 0 Å². The maximum atomic E-state index is 6.27. The van der Waals surface area contributed by atoms with Gasteiger partial charge in [0.25, 0.3) is 0 Å². The minimum atomic E-state index is -0.258. The molecule has 0 fully saturated rings. The molecule has 1 unspecified atom stereocenters. The zero-order valence-corrected chi connectivity index (χ0v) is 13.6. The van der Waals surface area contributed by atoms with E-state index in [9.17, 15) is 0 Å². The van der Waals surface area contributed by atoms with Crippen molar-refractivity contribution in [2.24, 2.45) is 5.73 Å². The lowest BCUT2D eigenvalue weighted by molar-refractivity contribution is 0.354. The van der Waals surface area contributed by atoms with Gasteiger partial charge in [0, 0.05) is 9.35 Å². The molecular weight excluding hydrogens is 350 g/mol. The maximum Gasteiger partial charge on any atom is 0.179 e. The van der Waals surface area contributed by atoms with E-state index in [4.69, 9.17) is 26.8 Å². The molecule has 102 valence electrons. The van der Waals surface area contributed by atoms with Crippen LogP contribution in [0.2, 0.25) is 5.02 Å². The van der Waals surface area contributed by atoms with Crippen LogP contribution in [0.25, 0.3) is 0 Å². The smallest absolute Gasteiger partial charge is 0.179 e. The van der Waals surface area contributed by atoms with E-state index in [-0.39, 0.29) is 6.04 Å². The molecule has 0 amide bonds. The molecule has 0 aliphatic heterocycles. The fraction of sp³-hybridized carbons (Fsp3) is 0.231. The highest BCUT2D eigenvalue weighted by molar-refractivity contribution is 9.10. The Balaban J connectivity index is 2.46. The molecule has 0 saturated heterocycles. The molecule has 3 nitrogen and oxygen atoms in total. The number of halogens is 2. The van der Waals surface area contributed by atoms with E-state index >= 15 is 0 Å². The average molecular weight is 363 g/mol. The van der Waals surface area contributed by atoms with Crippen LogP contribution in [0.5, 0.6) is 11.5 Å². The van der Waals surface area contributed by atoms with Crippen LogP contribution in [0.3, 0.4) is 0 Å². The van der Waals surface area contributed by atoms with Crippen LogP contribution >= 0.6 is 38.9 Å². The van der Waals surface area contributed by atoms with Gasteiger partial charge in [-0.25, -0.2) is 0 Å². The Bertz CT molecular complexity index is 588. The molecule has 2 aromatic rings. The zero-order chi connectivity index (χ0) is 14.0. The van der Waals surface area contributed by atoms with E-state index in [1.54, 1.807) is 31.6 Å². The lowest BCUT2D eigenvalue weighted by Gasteiger charge is -2.16. The van der Waals surface area contributed by atoms with E-state index in [0.29, 0.717) is 16.5 Å². The first-order chi connectivity index (χ1) is 9.08. The molecule has 1 heterocycles. The highest BCUT2D eigenvalue weighted by Gasteiger charge is 2.18. The van der Waals surface area contributed by atoms with Gasteiger partial charge >= 0.3 is 0 Å². The van der Waals surface area contributed by atoms with E-state index in [2.05, 4.69) is 15.9 Å². The second-order valence-corrected chi connectivity index (χ2v) is 6.06. The summed E-state index contributed by atoms with van der Waals surface area (Å²) in [7, 11) is 3.13. The Morgan fingerprint density at radius 2 is 2.05 bits per heavy atom. The van der Waals surface area contributed by atoms with Crippen LogP contribution in [0.4, 0.5) is 0 Å². The number of benzene rings is 1. The second-order valence-electron chi connectivity index (χ2n) is 3.85. The average Bonchev–Trinajstić information content (AvgIpc) is 2.83. The Hall–Kier alpha value is -0.750. The van der Waals surface area contributed by atoms with Crippen molar-refractivity contribution < 1.29 is 9.47 Å². The third-order valence-corrected chi connectivity index (χ3v) is 4.98. The fourth-order valence-electron chi connectivity index (χ4n) is 1.80. The van der Waals surface area contributed by atoms with Gasteiger partial charge in [0.15, 0.2) is 11.5 Å². The third-order valence-electron chi connectivity index (χ3n) is 2.74. The largest absolute Gasteiger partial charge is 0.493 e. The molecule has 0 bridgehead atoms. The predicted molar refractivity (Wildman–Crippen MR) is 82.6 cm³/mol. The molecule has 1 aromatic heterocycles. The Kier molecular flexibility index (Phi) is 4.73. The van der Waals surface area contributed by atoms with Gasteiger partial charge in [0.2, 0.25) is 0 Å². The summed E-state index contributed by atoms with van der Waals surface area (Å²) < 4.78 is 11.5. The number of ether oxygens (including phenoxy) is 2. The Labute approximate surface area is 129 Å². The summed E-state index contributed by atoms with van der Waals surface area (Å²) in [6, 6.07) is 5.37. The molecule has 0 saturated carbocycles. The van der Waals surface area contributed by atoms with Gasteiger partial charge in [0.1, 0.15) is 0 Å². The van der Waals surface area contributed by atoms with Crippen molar-refractivity contribution in [1.29, 1.82) is 0 Å². The molecule has 0 aliphatic carbocycles. The number of thiophene rings is 1. The second kappa shape index (κ2) is 6.13. The van der Waals surface area contributed by atoms with Gasteiger partial charge in [-0.2, -0.15) is 0 Å². The van der Waals surface area contributed by atoms with Crippen molar-refractivity contribution >= 4 is 38.9 Å². The summed E-state index contributed by atoms with van der Waals surface area (Å²) in [5, 5.41) is 2.47. The lowest BCUT2D eigenvalue weighted by atomic mass is 10.1. The summed E-state index contributed by atoms with van der Waals surface area (Å²) in [6.45, 7) is 0. The number of hydrogen-bond donors (Lipinski definition) is 1. The van der Waals surface area contributed by atoms with Gasteiger partial charge in [-0.05, 0) is 45.1 Å². The highest BCUT2D eigenvalue weighted by atomic mass is 79.9. The summed E-state index contributed by atoms with van der Waals surface area (Å²) in [6.07, 6.45) is 0. The summed E-state index contributed by atoms with van der Waals surface area (Å²) in [4.78, 5) is 1.04. The molecule has 1 atom stereocenters. The van der Waals surface area contributed by atoms with Crippen LogP contribution in [0.1, 0.15) is 16.5 Å². The van der Waals surface area contributed by atoms with Crippen LogP contribution in [0, 0.1) is 0 Å². The molecule has 6 heteroatoms. The van der Waals surface area contributed by atoms with Gasteiger partial charge in [-0.15, -0.1) is 11.3 Å². The van der Waals surface area contributed by atoms with E-state index in [1.165, 1.54) is 0 Å². The molecule has 2 rings (SSSR count). The summed E-state index contributed by atoms with van der Waals surface area (Å²) >= 11 is 11.3. The van der Waals surface area contributed by atoms with E-state index in [0.717, 1.165) is 14.9 Å². The number of nitrogens with two attached hydrogens (primary N) is 1. The van der Waals surface area contributed by atoms with Crippen molar-refractivity contribution in [1.82, 2.24) is 0 Å². The lowest BCUT2D eigenvalue weighted by Crippen LogP contribution is -2.11. The van der Waals surface area contributed by atoms with Crippen molar-refractivity contribution in [3.63, 3.8) is 0 Å². The van der Waals surface area contributed by atoms with Crippen LogP contribution in [-0.4, -0.2) is 14.2 Å². The van der Waals surface area contributed by atoms with E-state index < -0.39 is 0 Å². The maximum absolute atomic E-state index is 6.27. The summed E-state index contributed by atoms with van der Waals surface area (Å²) in [5.74, 6) is 1.10.